The van der Waals surface area contributed by atoms with E-state index < -0.39 is 0 Å². The van der Waals surface area contributed by atoms with Crippen LogP contribution in [0.3, 0.4) is 0 Å². The Kier molecular flexibility index (Phi) is 3.24. The van der Waals surface area contributed by atoms with Crippen LogP contribution < -0.4 is 5.43 Å². The van der Waals surface area contributed by atoms with Crippen molar-refractivity contribution in [2.75, 3.05) is 0 Å². The summed E-state index contributed by atoms with van der Waals surface area (Å²) in [5.41, 5.74) is 2.46. The predicted molar refractivity (Wildman–Crippen MR) is 60.2 cm³/mol. The molecule has 0 bridgehead atoms. The maximum atomic E-state index is 11.2. The second-order valence-electron chi connectivity index (χ2n) is 2.97. The molecule has 0 atom stereocenters. The molecule has 14 heavy (non-hydrogen) atoms. The molecule has 2 heteroatoms. The molecule has 0 fully saturated rings. The average Bonchev–Trinajstić information content (AvgIpc) is 2.12. The minimum atomic E-state index is -0.00642. The number of aromatic nitrogens is 1. The first-order valence-corrected chi connectivity index (χ1v) is 4.34. The van der Waals surface area contributed by atoms with Crippen LogP contribution in [-0.4, -0.2) is 4.98 Å². The molecule has 1 aromatic heterocycles. The van der Waals surface area contributed by atoms with Gasteiger partial charge in [-0.25, -0.2) is 0 Å². The van der Waals surface area contributed by atoms with Gasteiger partial charge in [0.1, 0.15) is 0 Å². The number of hydrogen-bond donors (Lipinski definition) is 1. The van der Waals surface area contributed by atoms with E-state index in [9.17, 15) is 4.79 Å². The van der Waals surface area contributed by atoms with Crippen molar-refractivity contribution >= 4 is 5.57 Å². The summed E-state index contributed by atoms with van der Waals surface area (Å²) in [5, 5.41) is 0. The van der Waals surface area contributed by atoms with Gasteiger partial charge in [0.25, 0.3) is 0 Å². The SMILES string of the molecule is C=C/C=C(\C=C)c1cc(=O)cc(C)[nH]1. The fourth-order valence-electron chi connectivity index (χ4n) is 1.23. The van der Waals surface area contributed by atoms with Crippen LogP contribution in [0.15, 0.2) is 48.3 Å². The van der Waals surface area contributed by atoms with Gasteiger partial charge in [-0.1, -0.05) is 31.4 Å². The highest BCUT2D eigenvalue weighted by atomic mass is 16.1. The number of hydrogen-bond acceptors (Lipinski definition) is 1. The molecular formula is C12H13NO. The zero-order valence-corrected chi connectivity index (χ0v) is 8.21. The van der Waals surface area contributed by atoms with Gasteiger partial charge in [0.2, 0.25) is 0 Å². The van der Waals surface area contributed by atoms with Gasteiger partial charge in [-0.05, 0) is 12.5 Å². The molecule has 1 rings (SSSR count). The molecule has 1 heterocycles. The summed E-state index contributed by atoms with van der Waals surface area (Å²) >= 11 is 0. The number of rotatable bonds is 3. The topological polar surface area (TPSA) is 32.9 Å². The fourth-order valence-corrected chi connectivity index (χ4v) is 1.23. The Balaban J connectivity index is 3.30. The number of nitrogens with one attached hydrogen (secondary N) is 1. The van der Waals surface area contributed by atoms with Crippen molar-refractivity contribution in [1.82, 2.24) is 4.98 Å². The molecule has 2 nitrogen and oxygen atoms in total. The van der Waals surface area contributed by atoms with Crippen LogP contribution in [0.4, 0.5) is 0 Å². The van der Waals surface area contributed by atoms with E-state index in [0.717, 1.165) is 17.0 Å². The lowest BCUT2D eigenvalue weighted by Crippen LogP contribution is -2.03. The molecule has 0 spiro atoms. The fraction of sp³-hybridized carbons (Fsp3) is 0.0833. The highest BCUT2D eigenvalue weighted by molar-refractivity contribution is 5.72. The largest absolute Gasteiger partial charge is 0.358 e. The van der Waals surface area contributed by atoms with Gasteiger partial charge in [-0.3, -0.25) is 4.79 Å². The van der Waals surface area contributed by atoms with E-state index in [1.807, 2.05) is 6.92 Å². The van der Waals surface area contributed by atoms with E-state index in [-0.39, 0.29) is 5.43 Å². The lowest BCUT2D eigenvalue weighted by Gasteiger charge is -2.02. The summed E-state index contributed by atoms with van der Waals surface area (Å²) in [7, 11) is 0. The first-order valence-electron chi connectivity index (χ1n) is 4.34. The summed E-state index contributed by atoms with van der Waals surface area (Å²) in [5.74, 6) is 0. The van der Waals surface area contributed by atoms with E-state index in [1.165, 1.54) is 0 Å². The van der Waals surface area contributed by atoms with Crippen molar-refractivity contribution < 1.29 is 0 Å². The molecular weight excluding hydrogens is 174 g/mol. The number of pyridine rings is 1. The van der Waals surface area contributed by atoms with Crippen LogP contribution in [0.1, 0.15) is 11.4 Å². The normalized spacial score (nSPS) is 11.1. The lowest BCUT2D eigenvalue weighted by atomic mass is 10.1. The van der Waals surface area contributed by atoms with Gasteiger partial charge in [0.05, 0.1) is 0 Å². The third-order valence-corrected chi connectivity index (χ3v) is 1.81. The molecule has 1 N–H and O–H groups in total. The van der Waals surface area contributed by atoms with Crippen LogP contribution in [-0.2, 0) is 0 Å². The molecule has 0 unspecified atom stereocenters. The Morgan fingerprint density at radius 1 is 1.43 bits per heavy atom. The molecule has 0 radical (unpaired) electrons. The molecule has 0 aromatic carbocycles. The van der Waals surface area contributed by atoms with E-state index in [1.54, 1.807) is 30.4 Å². The van der Waals surface area contributed by atoms with Gasteiger partial charge >= 0.3 is 0 Å². The van der Waals surface area contributed by atoms with Gasteiger partial charge in [-0.15, -0.1) is 0 Å². The zero-order chi connectivity index (χ0) is 10.6. The number of aryl methyl sites for hydroxylation is 1. The van der Waals surface area contributed by atoms with Crippen LogP contribution in [0, 0.1) is 6.92 Å². The van der Waals surface area contributed by atoms with E-state index in [4.69, 9.17) is 0 Å². The molecule has 0 aliphatic heterocycles. The minimum absolute atomic E-state index is 0.00642. The molecule has 0 saturated heterocycles. The number of aromatic amines is 1. The average molecular weight is 187 g/mol. The zero-order valence-electron chi connectivity index (χ0n) is 8.21. The van der Waals surface area contributed by atoms with Crippen molar-refractivity contribution in [3.63, 3.8) is 0 Å². The van der Waals surface area contributed by atoms with Crippen molar-refractivity contribution in [3.05, 3.63) is 65.1 Å². The van der Waals surface area contributed by atoms with Crippen molar-refractivity contribution in [2.45, 2.75) is 6.92 Å². The van der Waals surface area contributed by atoms with Gasteiger partial charge < -0.3 is 4.98 Å². The third-order valence-electron chi connectivity index (χ3n) is 1.81. The van der Waals surface area contributed by atoms with Crippen LogP contribution in [0.5, 0.6) is 0 Å². The van der Waals surface area contributed by atoms with Crippen LogP contribution in [0.25, 0.3) is 5.57 Å². The standard InChI is InChI=1S/C12H13NO/c1-4-6-10(5-2)12-8-11(14)7-9(3)13-12/h4-8H,1-2H2,3H3,(H,13,14)/b10-6+. The Morgan fingerprint density at radius 2 is 2.14 bits per heavy atom. The molecule has 1 aromatic rings. The summed E-state index contributed by atoms with van der Waals surface area (Å²) in [6.07, 6.45) is 5.15. The number of allylic oxidation sites excluding steroid dienone is 4. The van der Waals surface area contributed by atoms with Crippen molar-refractivity contribution in [1.29, 1.82) is 0 Å². The quantitative estimate of drug-likeness (QED) is 0.724. The monoisotopic (exact) mass is 187 g/mol. The van der Waals surface area contributed by atoms with Gasteiger partial charge in [-0.2, -0.15) is 0 Å². The maximum Gasteiger partial charge on any atom is 0.182 e. The molecule has 0 aliphatic rings. The Labute approximate surface area is 83.3 Å². The predicted octanol–water partition coefficient (Wildman–Crippen LogP) is 2.44. The summed E-state index contributed by atoms with van der Waals surface area (Å²) in [6.45, 7) is 9.13. The maximum absolute atomic E-state index is 11.2. The molecule has 0 saturated carbocycles. The first kappa shape index (κ1) is 10.3. The van der Waals surface area contributed by atoms with Crippen LogP contribution >= 0.6 is 0 Å². The smallest absolute Gasteiger partial charge is 0.182 e. The number of H-pyrrole nitrogens is 1. The Hall–Kier alpha value is -1.83. The van der Waals surface area contributed by atoms with Crippen LogP contribution in [0.2, 0.25) is 0 Å². The highest BCUT2D eigenvalue weighted by Crippen LogP contribution is 2.11. The highest BCUT2D eigenvalue weighted by Gasteiger charge is 1.98. The van der Waals surface area contributed by atoms with Crippen molar-refractivity contribution in [2.24, 2.45) is 0 Å². The summed E-state index contributed by atoms with van der Waals surface area (Å²) < 4.78 is 0. The Morgan fingerprint density at radius 3 is 2.64 bits per heavy atom. The van der Waals surface area contributed by atoms with E-state index in [2.05, 4.69) is 18.1 Å². The third kappa shape index (κ3) is 2.33. The molecule has 0 amide bonds. The first-order chi connectivity index (χ1) is 6.67. The van der Waals surface area contributed by atoms with Gasteiger partial charge in [0.15, 0.2) is 5.43 Å². The summed E-state index contributed by atoms with van der Waals surface area (Å²) in [6, 6.07) is 3.10. The Bertz CT molecular complexity index is 438. The van der Waals surface area contributed by atoms with E-state index >= 15 is 0 Å². The van der Waals surface area contributed by atoms with Crippen molar-refractivity contribution in [3.8, 4) is 0 Å². The minimum Gasteiger partial charge on any atom is -0.358 e. The second-order valence-corrected chi connectivity index (χ2v) is 2.97. The summed E-state index contributed by atoms with van der Waals surface area (Å²) in [4.78, 5) is 14.3. The molecule has 72 valence electrons. The lowest BCUT2D eigenvalue weighted by molar-refractivity contribution is 1.16. The van der Waals surface area contributed by atoms with Gasteiger partial charge in [0, 0.05) is 23.5 Å². The van der Waals surface area contributed by atoms with E-state index in [0.29, 0.717) is 0 Å². The molecule has 0 aliphatic carbocycles. The second kappa shape index (κ2) is 4.42.